The second-order valence-electron chi connectivity index (χ2n) is 8.41. The van der Waals surface area contributed by atoms with Crippen LogP contribution in [0.2, 0.25) is 0 Å². The molecule has 0 saturated carbocycles. The Kier molecular flexibility index (Phi) is 5.64. The molecule has 0 fully saturated rings. The van der Waals surface area contributed by atoms with Crippen molar-refractivity contribution < 1.29 is 4.21 Å². The van der Waals surface area contributed by atoms with E-state index in [-0.39, 0.29) is 10.8 Å². The maximum atomic E-state index is 12.9. The molecular weight excluding hydrogens is 314 g/mol. The Morgan fingerprint density at radius 2 is 1.54 bits per heavy atom. The number of benzene rings is 1. The largest absolute Gasteiger partial charge is 0.264 e. The van der Waals surface area contributed by atoms with Gasteiger partial charge in [-0.05, 0) is 52.1 Å². The first-order chi connectivity index (χ1) is 11.1. The van der Waals surface area contributed by atoms with E-state index in [2.05, 4.69) is 64.7 Å². The van der Waals surface area contributed by atoms with Crippen molar-refractivity contribution in [2.24, 2.45) is 0 Å². The quantitative estimate of drug-likeness (QED) is 0.779. The lowest BCUT2D eigenvalue weighted by Gasteiger charge is -2.26. The zero-order chi connectivity index (χ0) is 18.0. The van der Waals surface area contributed by atoms with E-state index in [0.29, 0.717) is 5.75 Å². The van der Waals surface area contributed by atoms with E-state index >= 15 is 0 Å². The third-order valence-corrected chi connectivity index (χ3v) is 5.54. The fraction of sp³-hybridized carbons (Fsp3) is 0.476. The molecule has 2 rings (SSSR count). The molecule has 0 N–H and O–H groups in total. The van der Waals surface area contributed by atoms with E-state index in [0.717, 1.165) is 16.9 Å². The number of hydrogen-bond donors (Lipinski definition) is 0. The van der Waals surface area contributed by atoms with E-state index < -0.39 is 10.8 Å². The molecule has 0 bridgehead atoms. The number of aromatic nitrogens is 1. The molecule has 0 spiro atoms. The monoisotopic (exact) mass is 343 g/mol. The lowest BCUT2D eigenvalue weighted by molar-refractivity contribution is 0.565. The van der Waals surface area contributed by atoms with Gasteiger partial charge in [-0.3, -0.25) is 9.19 Å². The second-order valence-corrected chi connectivity index (χ2v) is 9.98. The molecule has 3 heteroatoms. The summed E-state index contributed by atoms with van der Waals surface area (Å²) in [6.07, 6.45) is 4.40. The number of pyridine rings is 1. The van der Waals surface area contributed by atoms with E-state index in [9.17, 15) is 4.21 Å². The van der Waals surface area contributed by atoms with Crippen molar-refractivity contribution >= 4 is 10.8 Å². The Morgan fingerprint density at radius 1 is 0.958 bits per heavy atom. The Bertz CT molecular complexity index is 677. The van der Waals surface area contributed by atoms with Gasteiger partial charge in [-0.15, -0.1) is 0 Å². The number of rotatable bonds is 4. The fourth-order valence-electron chi connectivity index (χ4n) is 2.47. The maximum absolute atomic E-state index is 12.9. The normalized spacial score (nSPS) is 13.8. The average molecular weight is 344 g/mol. The SMILES string of the molecule is CC(C)(C)c1cc(S(=O)CCc2cccnc2)cc(C(C)(C)C)c1. The summed E-state index contributed by atoms with van der Waals surface area (Å²) in [6.45, 7) is 13.2. The molecule has 1 aromatic carbocycles. The molecule has 1 unspecified atom stereocenters. The summed E-state index contributed by atoms with van der Waals surface area (Å²) in [7, 11) is -1.00. The highest BCUT2D eigenvalue weighted by atomic mass is 32.2. The van der Waals surface area contributed by atoms with Crippen LogP contribution in [0, 0.1) is 0 Å². The van der Waals surface area contributed by atoms with Crippen LogP contribution in [0.3, 0.4) is 0 Å². The van der Waals surface area contributed by atoms with Gasteiger partial charge in [0.25, 0.3) is 0 Å². The van der Waals surface area contributed by atoms with Crippen LogP contribution < -0.4 is 0 Å². The topological polar surface area (TPSA) is 30.0 Å². The first-order valence-corrected chi connectivity index (χ1v) is 9.82. The average Bonchev–Trinajstić information content (AvgIpc) is 2.51. The van der Waals surface area contributed by atoms with Crippen LogP contribution in [0.25, 0.3) is 0 Å². The summed E-state index contributed by atoms with van der Waals surface area (Å²) in [4.78, 5) is 5.07. The van der Waals surface area contributed by atoms with Crippen molar-refractivity contribution in [1.29, 1.82) is 0 Å². The summed E-state index contributed by atoms with van der Waals surface area (Å²) < 4.78 is 12.9. The number of aryl methyl sites for hydroxylation is 1. The third-order valence-electron chi connectivity index (χ3n) is 4.20. The van der Waals surface area contributed by atoms with E-state index in [1.165, 1.54) is 11.1 Å². The van der Waals surface area contributed by atoms with Crippen LogP contribution in [0.1, 0.15) is 58.2 Å². The minimum atomic E-state index is -1.00. The van der Waals surface area contributed by atoms with E-state index in [1.807, 2.05) is 18.3 Å². The lowest BCUT2D eigenvalue weighted by atomic mass is 9.81. The standard InChI is InChI=1S/C21H29NOS/c1-20(2,3)17-12-18(21(4,5)6)14-19(13-17)24(23)11-9-16-8-7-10-22-15-16/h7-8,10,12-15H,9,11H2,1-6H3. The summed E-state index contributed by atoms with van der Waals surface area (Å²) in [5.74, 6) is 0.628. The Morgan fingerprint density at radius 3 is 2.00 bits per heavy atom. The molecule has 24 heavy (non-hydrogen) atoms. The van der Waals surface area contributed by atoms with Gasteiger partial charge in [-0.2, -0.15) is 0 Å². The van der Waals surface area contributed by atoms with Gasteiger partial charge in [-0.25, -0.2) is 0 Å². The molecule has 2 nitrogen and oxygen atoms in total. The minimum absolute atomic E-state index is 0.0452. The second kappa shape index (κ2) is 7.18. The van der Waals surface area contributed by atoms with Gasteiger partial charge in [0, 0.05) is 23.0 Å². The molecule has 0 saturated heterocycles. The number of hydrogen-bond acceptors (Lipinski definition) is 2. The molecule has 1 heterocycles. The van der Waals surface area contributed by atoms with Crippen molar-refractivity contribution in [2.75, 3.05) is 5.75 Å². The first-order valence-electron chi connectivity index (χ1n) is 8.51. The van der Waals surface area contributed by atoms with Crippen molar-refractivity contribution in [1.82, 2.24) is 4.98 Å². The van der Waals surface area contributed by atoms with Gasteiger partial charge >= 0.3 is 0 Å². The van der Waals surface area contributed by atoms with Gasteiger partial charge in [0.15, 0.2) is 0 Å². The van der Waals surface area contributed by atoms with Crippen LogP contribution in [0.15, 0.2) is 47.6 Å². The van der Waals surface area contributed by atoms with Gasteiger partial charge < -0.3 is 0 Å². The van der Waals surface area contributed by atoms with Crippen LogP contribution in [-0.2, 0) is 28.1 Å². The Balaban J connectivity index is 2.29. The summed E-state index contributed by atoms with van der Waals surface area (Å²) in [6, 6.07) is 10.5. The molecule has 0 aliphatic rings. The predicted octanol–water partition coefficient (Wildman–Crippen LogP) is 5.03. The molecule has 130 valence electrons. The van der Waals surface area contributed by atoms with Gasteiger partial charge in [0.2, 0.25) is 0 Å². The molecule has 0 aliphatic carbocycles. The summed E-state index contributed by atoms with van der Waals surface area (Å²) >= 11 is 0. The van der Waals surface area contributed by atoms with Crippen LogP contribution in [0.5, 0.6) is 0 Å². The van der Waals surface area contributed by atoms with E-state index in [1.54, 1.807) is 6.20 Å². The highest BCUT2D eigenvalue weighted by Gasteiger charge is 2.21. The van der Waals surface area contributed by atoms with Gasteiger partial charge in [0.05, 0.1) is 10.8 Å². The van der Waals surface area contributed by atoms with Gasteiger partial charge in [-0.1, -0.05) is 53.7 Å². The zero-order valence-corrected chi connectivity index (χ0v) is 16.5. The molecule has 0 aliphatic heterocycles. The highest BCUT2D eigenvalue weighted by Crippen LogP contribution is 2.31. The highest BCUT2D eigenvalue weighted by molar-refractivity contribution is 7.85. The molecule has 1 atom stereocenters. The lowest BCUT2D eigenvalue weighted by Crippen LogP contribution is -2.17. The summed E-state index contributed by atoms with van der Waals surface area (Å²) in [5, 5.41) is 0. The number of nitrogens with zero attached hydrogens (tertiary/aromatic N) is 1. The van der Waals surface area contributed by atoms with E-state index in [4.69, 9.17) is 0 Å². The van der Waals surface area contributed by atoms with Crippen molar-refractivity contribution in [2.45, 2.75) is 63.7 Å². The molecule has 0 radical (unpaired) electrons. The summed E-state index contributed by atoms with van der Waals surface area (Å²) in [5.41, 5.74) is 3.72. The fourth-order valence-corrected chi connectivity index (χ4v) is 3.64. The Hall–Kier alpha value is -1.48. The van der Waals surface area contributed by atoms with Crippen molar-refractivity contribution in [3.05, 3.63) is 59.4 Å². The molecule has 0 amide bonds. The molecule has 2 aromatic rings. The van der Waals surface area contributed by atoms with Crippen molar-refractivity contribution in [3.8, 4) is 0 Å². The van der Waals surface area contributed by atoms with Crippen LogP contribution in [0.4, 0.5) is 0 Å². The smallest absolute Gasteiger partial charge is 0.0533 e. The molecule has 1 aromatic heterocycles. The maximum Gasteiger partial charge on any atom is 0.0533 e. The first kappa shape index (κ1) is 18.9. The van der Waals surface area contributed by atoms with Crippen LogP contribution in [-0.4, -0.2) is 14.9 Å². The van der Waals surface area contributed by atoms with Gasteiger partial charge in [0.1, 0.15) is 0 Å². The van der Waals surface area contributed by atoms with Crippen LogP contribution >= 0.6 is 0 Å². The minimum Gasteiger partial charge on any atom is -0.264 e. The third kappa shape index (κ3) is 5.01. The zero-order valence-electron chi connectivity index (χ0n) is 15.7. The molecular formula is C21H29NOS. The predicted molar refractivity (Wildman–Crippen MR) is 103 cm³/mol. The Labute approximate surface area is 149 Å². The van der Waals surface area contributed by atoms with Crippen molar-refractivity contribution in [3.63, 3.8) is 0 Å².